The molecule has 0 aromatic heterocycles. The van der Waals surface area contributed by atoms with Crippen LogP contribution in [0.5, 0.6) is 0 Å². The molecule has 0 aliphatic heterocycles. The van der Waals surface area contributed by atoms with Gasteiger partial charge in [0.2, 0.25) is 0 Å². The number of hydrogen-bond donors (Lipinski definition) is 0. The van der Waals surface area contributed by atoms with Crippen molar-refractivity contribution in [3.8, 4) is 0 Å². The van der Waals surface area contributed by atoms with E-state index in [1.54, 1.807) is 0 Å². The molecule has 0 heterocycles. The van der Waals surface area contributed by atoms with Crippen molar-refractivity contribution >= 4 is 0 Å². The van der Waals surface area contributed by atoms with Crippen LogP contribution in [-0.4, -0.2) is 0 Å². The SMILES string of the molecule is C=C([CH2-])[C+](C)c1ccccc1. The maximum Gasteiger partial charge on any atom is -0.0222 e. The first-order chi connectivity index (χ1) is 5.22. The van der Waals surface area contributed by atoms with E-state index in [9.17, 15) is 0 Å². The molecule has 0 unspecified atom stereocenters. The van der Waals surface area contributed by atoms with E-state index >= 15 is 0 Å². The standard InChI is InChI=1S/C11H12/c1-9(2)10(3)11-7-5-4-6-8-11/h4-8H,1-2H2,3H3. The van der Waals surface area contributed by atoms with Gasteiger partial charge >= 0.3 is 0 Å². The van der Waals surface area contributed by atoms with Gasteiger partial charge in [-0.05, 0) is 24.0 Å². The Kier molecular flexibility index (Phi) is 2.27. The number of benzene rings is 1. The minimum absolute atomic E-state index is 0.885. The van der Waals surface area contributed by atoms with Crippen molar-refractivity contribution in [3.63, 3.8) is 0 Å². The lowest BCUT2D eigenvalue weighted by molar-refractivity contribution is 1.20. The highest BCUT2D eigenvalue weighted by Gasteiger charge is 2.02. The predicted octanol–water partition coefficient (Wildman–Crippen LogP) is 3.02. The molecule has 1 aromatic carbocycles. The van der Waals surface area contributed by atoms with Crippen LogP contribution in [0.15, 0.2) is 42.5 Å². The van der Waals surface area contributed by atoms with Gasteiger partial charge in [0, 0.05) is 0 Å². The molecule has 1 aromatic rings. The van der Waals surface area contributed by atoms with Crippen LogP contribution in [0.2, 0.25) is 0 Å². The molecule has 0 radical (unpaired) electrons. The fraction of sp³-hybridized carbons (Fsp3) is 0.0909. The molecule has 0 aliphatic carbocycles. The van der Waals surface area contributed by atoms with Gasteiger partial charge in [0.25, 0.3) is 0 Å². The van der Waals surface area contributed by atoms with E-state index in [2.05, 4.69) is 25.6 Å². The number of hydrogen-bond acceptors (Lipinski definition) is 0. The third-order valence-corrected chi connectivity index (χ3v) is 1.74. The van der Waals surface area contributed by atoms with Gasteiger partial charge in [-0.25, -0.2) is 0 Å². The van der Waals surface area contributed by atoms with Crippen LogP contribution in [0.25, 0.3) is 0 Å². The highest BCUT2D eigenvalue weighted by molar-refractivity contribution is 5.41. The lowest BCUT2D eigenvalue weighted by Crippen LogP contribution is -1.93. The summed E-state index contributed by atoms with van der Waals surface area (Å²) in [4.78, 5) is 0. The largest absolute Gasteiger partial charge is 0.0921 e. The molecule has 0 aliphatic rings. The van der Waals surface area contributed by atoms with Crippen LogP contribution in [0.3, 0.4) is 0 Å². The molecule has 0 saturated heterocycles. The van der Waals surface area contributed by atoms with Crippen molar-refractivity contribution in [1.82, 2.24) is 0 Å². The molecule has 0 nitrogen and oxygen atoms in total. The van der Waals surface area contributed by atoms with Crippen LogP contribution in [-0.2, 0) is 0 Å². The van der Waals surface area contributed by atoms with Crippen LogP contribution in [0.1, 0.15) is 12.5 Å². The minimum Gasteiger partial charge on any atom is -0.0921 e. The van der Waals surface area contributed by atoms with Crippen LogP contribution in [0.4, 0.5) is 0 Å². The highest BCUT2D eigenvalue weighted by atomic mass is 14.1. The first-order valence-electron chi connectivity index (χ1n) is 3.62. The van der Waals surface area contributed by atoms with Crippen molar-refractivity contribution in [1.29, 1.82) is 0 Å². The van der Waals surface area contributed by atoms with E-state index < -0.39 is 0 Å². The summed E-state index contributed by atoms with van der Waals surface area (Å²) >= 11 is 0. The summed E-state index contributed by atoms with van der Waals surface area (Å²) in [5, 5.41) is 0. The van der Waals surface area contributed by atoms with Crippen molar-refractivity contribution < 1.29 is 0 Å². The average Bonchev–Trinajstić information content (AvgIpc) is 2.05. The second kappa shape index (κ2) is 3.20. The number of allylic oxidation sites excluding steroid dienone is 1. The molecule has 0 heteroatoms. The maximum absolute atomic E-state index is 3.78. The van der Waals surface area contributed by atoms with Crippen molar-refractivity contribution in [2.75, 3.05) is 0 Å². The van der Waals surface area contributed by atoms with Gasteiger partial charge in [0.1, 0.15) is 0 Å². The first kappa shape index (κ1) is 7.80. The Morgan fingerprint density at radius 3 is 2.36 bits per heavy atom. The summed E-state index contributed by atoms with van der Waals surface area (Å²) in [6, 6.07) is 10.2. The molecule has 0 saturated carbocycles. The first-order valence-corrected chi connectivity index (χ1v) is 3.62. The lowest BCUT2D eigenvalue weighted by atomic mass is 9.95. The molecule has 0 bridgehead atoms. The molecule has 11 heavy (non-hydrogen) atoms. The van der Waals surface area contributed by atoms with E-state index in [0.717, 1.165) is 11.5 Å². The lowest BCUT2D eigenvalue weighted by Gasteiger charge is -2.10. The summed E-state index contributed by atoms with van der Waals surface area (Å²) in [6.07, 6.45) is 0. The second-order valence-electron chi connectivity index (χ2n) is 2.59. The fourth-order valence-electron chi connectivity index (χ4n) is 0.892. The minimum atomic E-state index is 0.885. The summed E-state index contributed by atoms with van der Waals surface area (Å²) < 4.78 is 0. The van der Waals surface area contributed by atoms with E-state index in [-0.39, 0.29) is 0 Å². The zero-order chi connectivity index (χ0) is 8.27. The molecule has 0 spiro atoms. The summed E-state index contributed by atoms with van der Waals surface area (Å²) in [5.41, 5.74) is 2.09. The predicted molar refractivity (Wildman–Crippen MR) is 49.0 cm³/mol. The highest BCUT2D eigenvalue weighted by Crippen LogP contribution is 2.19. The molecule has 0 atom stereocenters. The van der Waals surface area contributed by atoms with Gasteiger partial charge in [0.05, 0.1) is 0 Å². The zero-order valence-electron chi connectivity index (χ0n) is 6.80. The monoisotopic (exact) mass is 144 g/mol. The Bertz CT molecular complexity index is 233. The topological polar surface area (TPSA) is 0 Å². The molecule has 0 fully saturated rings. The van der Waals surface area contributed by atoms with E-state index in [4.69, 9.17) is 0 Å². The van der Waals surface area contributed by atoms with Gasteiger partial charge in [0.15, 0.2) is 0 Å². The molecule has 1 rings (SSSR count). The quantitative estimate of drug-likeness (QED) is 0.560. The molecular formula is C11H12. The third kappa shape index (κ3) is 1.81. The van der Waals surface area contributed by atoms with E-state index in [0.29, 0.717) is 0 Å². The normalized spacial score (nSPS) is 9.18. The molecule has 0 N–H and O–H groups in total. The zero-order valence-corrected chi connectivity index (χ0v) is 6.80. The molecular weight excluding hydrogens is 132 g/mol. The van der Waals surface area contributed by atoms with Crippen LogP contribution < -0.4 is 0 Å². The Morgan fingerprint density at radius 1 is 1.36 bits per heavy atom. The summed E-state index contributed by atoms with van der Waals surface area (Å²) in [5.74, 6) is 1.16. The number of rotatable bonds is 2. The molecule has 56 valence electrons. The second-order valence-corrected chi connectivity index (χ2v) is 2.59. The molecule has 0 amide bonds. The Balaban J connectivity index is 2.85. The van der Waals surface area contributed by atoms with Crippen molar-refractivity contribution in [2.45, 2.75) is 6.92 Å². The Hall–Kier alpha value is -1.30. The Labute approximate surface area is 68.6 Å². The van der Waals surface area contributed by atoms with Crippen LogP contribution >= 0.6 is 0 Å². The average molecular weight is 144 g/mol. The van der Waals surface area contributed by atoms with Crippen LogP contribution in [0, 0.1) is 12.8 Å². The van der Waals surface area contributed by atoms with Gasteiger partial charge in [-0.15, -0.1) is 0 Å². The Morgan fingerprint density at radius 2 is 1.91 bits per heavy atom. The van der Waals surface area contributed by atoms with Gasteiger partial charge in [-0.3, -0.25) is 0 Å². The van der Waals surface area contributed by atoms with E-state index in [1.165, 1.54) is 5.56 Å². The summed E-state index contributed by atoms with van der Waals surface area (Å²) in [6.45, 7) is 9.60. The van der Waals surface area contributed by atoms with Gasteiger partial charge in [-0.2, -0.15) is 0 Å². The summed E-state index contributed by atoms with van der Waals surface area (Å²) in [7, 11) is 0. The smallest absolute Gasteiger partial charge is 0.0222 e. The van der Waals surface area contributed by atoms with E-state index in [1.807, 2.05) is 25.1 Å². The third-order valence-electron chi connectivity index (χ3n) is 1.74. The van der Waals surface area contributed by atoms with Gasteiger partial charge < -0.3 is 0 Å². The van der Waals surface area contributed by atoms with Crippen molar-refractivity contribution in [3.05, 3.63) is 60.9 Å². The maximum atomic E-state index is 3.78. The van der Waals surface area contributed by atoms with Crippen molar-refractivity contribution in [2.24, 2.45) is 0 Å². The van der Waals surface area contributed by atoms with Gasteiger partial charge in [-0.1, -0.05) is 43.8 Å². The fourth-order valence-corrected chi connectivity index (χ4v) is 0.892.